The van der Waals surface area contributed by atoms with Crippen LogP contribution in [0.2, 0.25) is 0 Å². The number of ether oxygens (including phenoxy) is 1. The standard InChI is InChI=1S/C31H48O3/c1-2-3-4-5-6-7-8-9-10-11-12-13-14-15-16-20-27-34-31(30(32)33)25-23-29(24-26-31)28-21-18-17-19-22-28/h17-19,21-26,29H,2-16,20,27H2,1H3,(H,32,33). The zero-order valence-corrected chi connectivity index (χ0v) is 21.6. The lowest BCUT2D eigenvalue weighted by molar-refractivity contribution is -0.154. The van der Waals surface area contributed by atoms with Gasteiger partial charge in [-0.05, 0) is 24.1 Å². The molecule has 1 aliphatic rings. The number of unbranched alkanes of at least 4 members (excludes halogenated alkanes) is 15. The smallest absolute Gasteiger partial charge is 0.344 e. The van der Waals surface area contributed by atoms with Crippen LogP contribution in [0, 0.1) is 0 Å². The summed E-state index contributed by atoms with van der Waals surface area (Å²) in [6.45, 7) is 2.76. The second kappa shape index (κ2) is 17.5. The molecule has 0 aliphatic heterocycles. The molecule has 0 amide bonds. The third kappa shape index (κ3) is 11.0. The molecule has 34 heavy (non-hydrogen) atoms. The molecule has 0 aromatic heterocycles. The number of carboxylic acids is 1. The van der Waals surface area contributed by atoms with Gasteiger partial charge in [-0.2, -0.15) is 0 Å². The summed E-state index contributed by atoms with van der Waals surface area (Å²) < 4.78 is 5.86. The van der Waals surface area contributed by atoms with E-state index in [4.69, 9.17) is 4.74 Å². The molecule has 0 bridgehead atoms. The van der Waals surface area contributed by atoms with Crippen molar-refractivity contribution >= 4 is 5.97 Å². The molecule has 1 aromatic carbocycles. The van der Waals surface area contributed by atoms with Crippen molar-refractivity contribution < 1.29 is 14.6 Å². The van der Waals surface area contributed by atoms with Crippen molar-refractivity contribution in [2.24, 2.45) is 0 Å². The summed E-state index contributed by atoms with van der Waals surface area (Å²) in [7, 11) is 0. The Hall–Kier alpha value is -1.87. The number of hydrogen-bond donors (Lipinski definition) is 1. The highest BCUT2D eigenvalue weighted by molar-refractivity contribution is 5.83. The van der Waals surface area contributed by atoms with E-state index in [0.29, 0.717) is 6.61 Å². The van der Waals surface area contributed by atoms with Crippen LogP contribution in [-0.2, 0) is 9.53 Å². The lowest BCUT2D eigenvalue weighted by Crippen LogP contribution is -2.39. The Morgan fingerprint density at radius 1 is 0.735 bits per heavy atom. The number of aliphatic carboxylic acids is 1. The van der Waals surface area contributed by atoms with Crippen molar-refractivity contribution in [2.45, 2.75) is 121 Å². The molecule has 3 nitrogen and oxygen atoms in total. The molecule has 0 saturated heterocycles. The van der Waals surface area contributed by atoms with Crippen LogP contribution in [0.25, 0.3) is 0 Å². The molecule has 0 heterocycles. The zero-order chi connectivity index (χ0) is 24.3. The topological polar surface area (TPSA) is 46.5 Å². The Morgan fingerprint density at radius 3 is 1.62 bits per heavy atom. The number of carbonyl (C=O) groups is 1. The first-order valence-corrected chi connectivity index (χ1v) is 14.0. The van der Waals surface area contributed by atoms with Crippen LogP contribution < -0.4 is 0 Å². The number of rotatable bonds is 20. The molecule has 0 atom stereocenters. The van der Waals surface area contributed by atoms with E-state index in [1.807, 2.05) is 30.4 Å². The Balaban J connectivity index is 1.46. The van der Waals surface area contributed by atoms with E-state index in [1.54, 1.807) is 12.2 Å². The summed E-state index contributed by atoms with van der Waals surface area (Å²) in [5.41, 5.74) is -0.160. The Kier molecular flexibility index (Phi) is 14.6. The van der Waals surface area contributed by atoms with Gasteiger partial charge in [0.05, 0.1) is 0 Å². The highest BCUT2D eigenvalue weighted by Crippen LogP contribution is 2.29. The van der Waals surface area contributed by atoms with E-state index >= 15 is 0 Å². The van der Waals surface area contributed by atoms with Gasteiger partial charge in [0.2, 0.25) is 5.60 Å². The van der Waals surface area contributed by atoms with Crippen molar-refractivity contribution in [3.8, 4) is 0 Å². The Labute approximate surface area is 208 Å². The summed E-state index contributed by atoms with van der Waals surface area (Å²) in [6.07, 6.45) is 28.5. The van der Waals surface area contributed by atoms with E-state index in [2.05, 4.69) is 19.1 Å². The van der Waals surface area contributed by atoms with Crippen LogP contribution in [0.5, 0.6) is 0 Å². The molecule has 3 heteroatoms. The van der Waals surface area contributed by atoms with Crippen LogP contribution in [0.1, 0.15) is 121 Å². The first-order chi connectivity index (χ1) is 16.7. The SMILES string of the molecule is CCCCCCCCCCCCCCCCCCOC1(C(=O)O)C=CC(c2ccccc2)C=C1. The van der Waals surface area contributed by atoms with Crippen molar-refractivity contribution in [1.29, 1.82) is 0 Å². The van der Waals surface area contributed by atoms with Gasteiger partial charge in [-0.25, -0.2) is 4.79 Å². The maximum absolute atomic E-state index is 11.9. The highest BCUT2D eigenvalue weighted by atomic mass is 16.5. The molecule has 190 valence electrons. The van der Waals surface area contributed by atoms with Gasteiger partial charge in [-0.15, -0.1) is 0 Å². The number of benzene rings is 1. The van der Waals surface area contributed by atoms with E-state index in [0.717, 1.165) is 18.4 Å². The second-order valence-electron chi connectivity index (χ2n) is 9.90. The molecule has 1 aromatic rings. The van der Waals surface area contributed by atoms with Gasteiger partial charge in [-0.3, -0.25) is 0 Å². The van der Waals surface area contributed by atoms with Crippen molar-refractivity contribution in [3.63, 3.8) is 0 Å². The van der Waals surface area contributed by atoms with Crippen LogP contribution in [0.4, 0.5) is 0 Å². The van der Waals surface area contributed by atoms with Gasteiger partial charge in [-0.1, -0.05) is 146 Å². The van der Waals surface area contributed by atoms with E-state index in [-0.39, 0.29) is 5.92 Å². The minimum absolute atomic E-state index is 0.104. The molecule has 0 fully saturated rings. The fourth-order valence-electron chi connectivity index (χ4n) is 4.70. The predicted molar refractivity (Wildman–Crippen MR) is 143 cm³/mol. The first kappa shape index (κ1) is 28.4. The zero-order valence-electron chi connectivity index (χ0n) is 21.6. The van der Waals surface area contributed by atoms with E-state index in [1.165, 1.54) is 89.9 Å². The largest absolute Gasteiger partial charge is 0.479 e. The lowest BCUT2D eigenvalue weighted by Gasteiger charge is -2.27. The van der Waals surface area contributed by atoms with Gasteiger partial charge >= 0.3 is 5.97 Å². The molecule has 0 unspecified atom stereocenters. The minimum Gasteiger partial charge on any atom is -0.479 e. The maximum atomic E-state index is 11.9. The van der Waals surface area contributed by atoms with Crippen LogP contribution in [0.15, 0.2) is 54.6 Å². The van der Waals surface area contributed by atoms with Crippen molar-refractivity contribution in [1.82, 2.24) is 0 Å². The molecular formula is C31H48O3. The molecule has 0 spiro atoms. The third-order valence-electron chi connectivity index (χ3n) is 6.96. The normalized spacial score (nSPS) is 19.5. The predicted octanol–water partition coefficient (Wildman–Crippen LogP) is 9.00. The average Bonchev–Trinajstić information content (AvgIpc) is 2.86. The van der Waals surface area contributed by atoms with Crippen LogP contribution in [0.3, 0.4) is 0 Å². The number of allylic oxidation sites excluding steroid dienone is 2. The Bertz CT molecular complexity index is 693. The first-order valence-electron chi connectivity index (χ1n) is 14.0. The van der Waals surface area contributed by atoms with Crippen molar-refractivity contribution in [2.75, 3.05) is 6.61 Å². The van der Waals surface area contributed by atoms with Crippen LogP contribution >= 0.6 is 0 Å². The number of hydrogen-bond acceptors (Lipinski definition) is 2. The average molecular weight is 469 g/mol. The van der Waals surface area contributed by atoms with E-state index < -0.39 is 11.6 Å². The lowest BCUT2D eigenvalue weighted by atomic mass is 9.88. The molecule has 0 radical (unpaired) electrons. The quantitative estimate of drug-likeness (QED) is 0.153. The molecule has 1 aliphatic carbocycles. The minimum atomic E-state index is -1.32. The summed E-state index contributed by atoms with van der Waals surface area (Å²) in [5.74, 6) is -0.837. The molecular weight excluding hydrogens is 420 g/mol. The van der Waals surface area contributed by atoms with Gasteiger partial charge in [0.25, 0.3) is 0 Å². The van der Waals surface area contributed by atoms with Gasteiger partial charge in [0.1, 0.15) is 0 Å². The highest BCUT2D eigenvalue weighted by Gasteiger charge is 2.36. The van der Waals surface area contributed by atoms with Gasteiger partial charge < -0.3 is 9.84 Å². The summed E-state index contributed by atoms with van der Waals surface area (Å²) in [4.78, 5) is 11.9. The van der Waals surface area contributed by atoms with E-state index in [9.17, 15) is 9.90 Å². The maximum Gasteiger partial charge on any atom is 0.344 e. The second-order valence-corrected chi connectivity index (χ2v) is 9.90. The summed E-state index contributed by atoms with van der Waals surface area (Å²) in [5, 5.41) is 9.75. The fraction of sp³-hybridized carbons (Fsp3) is 0.645. The van der Waals surface area contributed by atoms with Crippen molar-refractivity contribution in [3.05, 3.63) is 60.2 Å². The Morgan fingerprint density at radius 2 is 1.18 bits per heavy atom. The summed E-state index contributed by atoms with van der Waals surface area (Å²) >= 11 is 0. The van der Waals surface area contributed by atoms with Crippen LogP contribution in [-0.4, -0.2) is 23.3 Å². The molecule has 1 N–H and O–H groups in total. The van der Waals surface area contributed by atoms with Gasteiger partial charge in [0.15, 0.2) is 0 Å². The monoisotopic (exact) mass is 468 g/mol. The summed E-state index contributed by atoms with van der Waals surface area (Å²) in [6, 6.07) is 10.1. The fourth-order valence-corrected chi connectivity index (χ4v) is 4.70. The molecule has 0 saturated carbocycles. The van der Waals surface area contributed by atoms with Gasteiger partial charge in [0, 0.05) is 12.5 Å². The third-order valence-corrected chi connectivity index (χ3v) is 6.96. The number of carboxylic acid groups (broad SMARTS) is 1. The molecule has 2 rings (SSSR count).